The minimum Gasteiger partial charge on any atom is -0.363 e. The zero-order valence-electron chi connectivity index (χ0n) is 12.4. The van der Waals surface area contributed by atoms with E-state index in [1.807, 2.05) is 0 Å². The maximum atomic E-state index is 5.43. The predicted molar refractivity (Wildman–Crippen MR) is 84.1 cm³/mol. The van der Waals surface area contributed by atoms with Crippen LogP contribution in [0.3, 0.4) is 0 Å². The molecule has 0 radical (unpaired) electrons. The molecule has 19 heavy (non-hydrogen) atoms. The highest BCUT2D eigenvalue weighted by Crippen LogP contribution is 2.61. The van der Waals surface area contributed by atoms with Crippen molar-refractivity contribution in [2.24, 2.45) is 23.2 Å². The van der Waals surface area contributed by atoms with Crippen LogP contribution in [0.15, 0.2) is 0 Å². The second-order valence-corrected chi connectivity index (χ2v) is 7.81. The fourth-order valence-electron chi connectivity index (χ4n) is 5.35. The molecule has 4 rings (SSSR count). The molecule has 0 amide bonds. The summed E-state index contributed by atoms with van der Waals surface area (Å²) in [6.45, 7) is 5.53. The van der Waals surface area contributed by atoms with Gasteiger partial charge in [-0.3, -0.25) is 0 Å². The zero-order valence-corrected chi connectivity index (χ0v) is 13.2. The number of hydrogen-bond acceptors (Lipinski definition) is 1. The van der Waals surface area contributed by atoms with Crippen molar-refractivity contribution in [3.8, 4) is 0 Å². The largest absolute Gasteiger partial charge is 0.363 e. The monoisotopic (exact) mass is 280 g/mol. The first-order chi connectivity index (χ1) is 9.11. The van der Waals surface area contributed by atoms with Crippen molar-refractivity contribution >= 4 is 17.3 Å². The molecule has 1 atom stereocenters. The average molecular weight is 280 g/mol. The van der Waals surface area contributed by atoms with E-state index in [2.05, 4.69) is 24.5 Å². The second-order valence-electron chi connectivity index (χ2n) is 7.40. The van der Waals surface area contributed by atoms with Crippen LogP contribution in [0.1, 0.15) is 58.8 Å². The lowest BCUT2D eigenvalue weighted by Crippen LogP contribution is -2.57. The molecule has 0 unspecified atom stereocenters. The molecule has 4 saturated carbocycles. The van der Waals surface area contributed by atoms with E-state index in [1.54, 1.807) is 0 Å². The lowest BCUT2D eigenvalue weighted by Gasteiger charge is -2.59. The van der Waals surface area contributed by atoms with Crippen molar-refractivity contribution < 1.29 is 0 Å². The summed E-state index contributed by atoms with van der Waals surface area (Å²) in [4.78, 5) is 0. The summed E-state index contributed by atoms with van der Waals surface area (Å²) < 4.78 is 0. The van der Waals surface area contributed by atoms with E-state index in [1.165, 1.54) is 38.5 Å². The summed E-state index contributed by atoms with van der Waals surface area (Å²) in [7, 11) is 0. The summed E-state index contributed by atoms with van der Waals surface area (Å²) >= 11 is 5.43. The minimum atomic E-state index is 0.540. The van der Waals surface area contributed by atoms with Gasteiger partial charge in [-0.1, -0.05) is 6.92 Å². The molecular weight excluding hydrogens is 252 g/mol. The van der Waals surface area contributed by atoms with Crippen molar-refractivity contribution in [1.29, 1.82) is 0 Å². The summed E-state index contributed by atoms with van der Waals surface area (Å²) in [5.74, 6) is 3.06. The van der Waals surface area contributed by atoms with E-state index in [0.717, 1.165) is 35.8 Å². The predicted octanol–water partition coefficient (Wildman–Crippen LogP) is 3.47. The van der Waals surface area contributed by atoms with Crippen molar-refractivity contribution in [2.45, 2.75) is 64.8 Å². The molecule has 4 aliphatic carbocycles. The smallest absolute Gasteiger partial charge is 0.166 e. The van der Waals surface area contributed by atoms with Crippen LogP contribution >= 0.6 is 12.2 Å². The lowest BCUT2D eigenvalue weighted by atomic mass is 9.48. The van der Waals surface area contributed by atoms with Crippen molar-refractivity contribution in [3.05, 3.63) is 0 Å². The van der Waals surface area contributed by atoms with Crippen LogP contribution in [0.5, 0.6) is 0 Å². The van der Waals surface area contributed by atoms with E-state index in [9.17, 15) is 0 Å². The first-order valence-electron chi connectivity index (χ1n) is 8.15. The molecule has 0 aliphatic heterocycles. The van der Waals surface area contributed by atoms with Gasteiger partial charge in [-0.15, -0.1) is 0 Å². The quantitative estimate of drug-likeness (QED) is 0.771. The minimum absolute atomic E-state index is 0.540. The standard InChI is InChI=1S/C16H28N2S/c1-3-4-17-15(19)18-11(2)16-8-12-5-13(9-16)7-14(6-12)10-16/h11-14H,3-10H2,1-2H3,(H2,17,18,19)/t11-,12?,13?,14?,16?/m0/s1. The molecule has 0 heterocycles. The Labute approximate surface area is 123 Å². The van der Waals surface area contributed by atoms with Crippen molar-refractivity contribution in [2.75, 3.05) is 6.54 Å². The van der Waals surface area contributed by atoms with E-state index in [0.29, 0.717) is 11.5 Å². The summed E-state index contributed by atoms with van der Waals surface area (Å²) in [6.07, 6.45) is 10.0. The third-order valence-corrected chi connectivity index (χ3v) is 6.15. The zero-order chi connectivity index (χ0) is 13.5. The van der Waals surface area contributed by atoms with Gasteiger partial charge in [-0.05, 0) is 87.3 Å². The van der Waals surface area contributed by atoms with Gasteiger partial charge in [0.1, 0.15) is 0 Å². The Bertz CT molecular complexity index is 317. The first kappa shape index (κ1) is 13.7. The van der Waals surface area contributed by atoms with Crippen LogP contribution in [-0.4, -0.2) is 17.7 Å². The van der Waals surface area contributed by atoms with Crippen molar-refractivity contribution in [3.63, 3.8) is 0 Å². The van der Waals surface area contributed by atoms with Crippen LogP contribution in [0.25, 0.3) is 0 Å². The van der Waals surface area contributed by atoms with E-state index < -0.39 is 0 Å². The maximum Gasteiger partial charge on any atom is 0.166 e. The fourth-order valence-corrected chi connectivity index (χ4v) is 5.63. The fraction of sp³-hybridized carbons (Fsp3) is 0.938. The Hall–Kier alpha value is -0.310. The average Bonchev–Trinajstić information content (AvgIpc) is 2.34. The van der Waals surface area contributed by atoms with Crippen LogP contribution in [-0.2, 0) is 0 Å². The number of rotatable bonds is 4. The Morgan fingerprint density at radius 2 is 1.68 bits per heavy atom. The molecule has 0 saturated heterocycles. The SMILES string of the molecule is CCCNC(=S)N[C@@H](C)C12CC3CC(CC(C3)C1)C2. The molecule has 0 spiro atoms. The first-order valence-corrected chi connectivity index (χ1v) is 8.56. The third kappa shape index (κ3) is 2.63. The van der Waals surface area contributed by atoms with Gasteiger partial charge in [0, 0.05) is 12.6 Å². The normalized spacial score (nSPS) is 41.1. The van der Waals surface area contributed by atoms with Gasteiger partial charge >= 0.3 is 0 Å². The topological polar surface area (TPSA) is 24.1 Å². The van der Waals surface area contributed by atoms with Gasteiger partial charge in [0.05, 0.1) is 0 Å². The highest BCUT2D eigenvalue weighted by Gasteiger charge is 2.53. The van der Waals surface area contributed by atoms with E-state index >= 15 is 0 Å². The highest BCUT2D eigenvalue weighted by atomic mass is 32.1. The Kier molecular flexibility index (Phi) is 3.76. The van der Waals surface area contributed by atoms with Gasteiger partial charge in [-0.25, -0.2) is 0 Å². The maximum absolute atomic E-state index is 5.43. The van der Waals surface area contributed by atoms with E-state index in [-0.39, 0.29) is 0 Å². The number of nitrogens with one attached hydrogen (secondary N) is 2. The molecule has 3 heteroatoms. The molecule has 0 aromatic heterocycles. The molecule has 4 aliphatic rings. The summed E-state index contributed by atoms with van der Waals surface area (Å²) in [5.41, 5.74) is 0.548. The Balaban J connectivity index is 1.63. The van der Waals surface area contributed by atoms with Crippen LogP contribution in [0.4, 0.5) is 0 Å². The lowest BCUT2D eigenvalue weighted by molar-refractivity contribution is -0.0672. The molecule has 2 nitrogen and oxygen atoms in total. The number of thiocarbonyl (C=S) groups is 1. The third-order valence-electron chi connectivity index (χ3n) is 5.89. The van der Waals surface area contributed by atoms with Gasteiger partial charge < -0.3 is 10.6 Å². The Morgan fingerprint density at radius 3 is 2.16 bits per heavy atom. The molecule has 2 N–H and O–H groups in total. The molecule has 0 aromatic carbocycles. The molecule has 0 aromatic rings. The van der Waals surface area contributed by atoms with Crippen LogP contribution in [0.2, 0.25) is 0 Å². The molecular formula is C16H28N2S. The molecule has 108 valence electrons. The molecule has 4 bridgehead atoms. The van der Waals surface area contributed by atoms with Gasteiger partial charge in [-0.2, -0.15) is 0 Å². The number of hydrogen-bond donors (Lipinski definition) is 2. The molecule has 4 fully saturated rings. The second kappa shape index (κ2) is 5.23. The van der Waals surface area contributed by atoms with E-state index in [4.69, 9.17) is 12.2 Å². The van der Waals surface area contributed by atoms with Gasteiger partial charge in [0.2, 0.25) is 0 Å². The van der Waals surface area contributed by atoms with Crippen LogP contribution in [0, 0.1) is 23.2 Å². The van der Waals surface area contributed by atoms with Gasteiger partial charge in [0.15, 0.2) is 5.11 Å². The summed E-state index contributed by atoms with van der Waals surface area (Å²) in [6, 6.07) is 0.540. The summed E-state index contributed by atoms with van der Waals surface area (Å²) in [5, 5.41) is 7.77. The highest BCUT2D eigenvalue weighted by molar-refractivity contribution is 7.80. The van der Waals surface area contributed by atoms with Crippen LogP contribution < -0.4 is 10.6 Å². The van der Waals surface area contributed by atoms with Gasteiger partial charge in [0.25, 0.3) is 0 Å². The Morgan fingerprint density at radius 1 is 1.16 bits per heavy atom. The van der Waals surface area contributed by atoms with Crippen molar-refractivity contribution in [1.82, 2.24) is 10.6 Å².